The van der Waals surface area contributed by atoms with Crippen LogP contribution in [0, 0.1) is 6.92 Å². The Labute approximate surface area is 197 Å². The third kappa shape index (κ3) is 4.84. The fraction of sp³-hybridized carbons (Fsp3) is 0.333. The maximum Gasteiger partial charge on any atom is 0.170 e. The first kappa shape index (κ1) is 22.0. The summed E-state index contributed by atoms with van der Waals surface area (Å²) in [6.07, 6.45) is 2.83. The van der Waals surface area contributed by atoms with Gasteiger partial charge in [0.2, 0.25) is 0 Å². The molecule has 0 unspecified atom stereocenters. The van der Waals surface area contributed by atoms with Crippen LogP contribution in [0.1, 0.15) is 35.5 Å². The smallest absolute Gasteiger partial charge is 0.170 e. The number of nitrogens with one attached hydrogen (secondary N) is 1. The molecule has 2 atom stereocenters. The zero-order chi connectivity index (χ0) is 22.0. The van der Waals surface area contributed by atoms with Crippen LogP contribution in [0.2, 0.25) is 0 Å². The van der Waals surface area contributed by atoms with E-state index in [1.807, 2.05) is 30.5 Å². The van der Waals surface area contributed by atoms with E-state index in [1.54, 1.807) is 0 Å². The molecule has 31 heavy (non-hydrogen) atoms. The summed E-state index contributed by atoms with van der Waals surface area (Å²) in [6.45, 7) is 3.93. The fourth-order valence-corrected chi connectivity index (χ4v) is 5.01. The lowest BCUT2D eigenvalue weighted by Crippen LogP contribution is -2.32. The van der Waals surface area contributed by atoms with E-state index >= 15 is 0 Å². The number of furan rings is 1. The second-order valence-electron chi connectivity index (χ2n) is 8.16. The minimum absolute atomic E-state index is 0.0532. The lowest BCUT2D eigenvalue weighted by molar-refractivity contribution is 0.261. The van der Waals surface area contributed by atoms with Crippen molar-refractivity contribution in [3.8, 4) is 11.3 Å². The lowest BCUT2D eigenvalue weighted by atomic mass is 10.0. The zero-order valence-electron chi connectivity index (χ0n) is 18.0. The van der Waals surface area contributed by atoms with Crippen molar-refractivity contribution in [2.45, 2.75) is 25.4 Å². The number of rotatable bonds is 7. The topological polar surface area (TPSA) is 44.5 Å². The maximum absolute atomic E-state index is 6.42. The van der Waals surface area contributed by atoms with E-state index < -0.39 is 0 Å². The van der Waals surface area contributed by atoms with Gasteiger partial charge in [0.05, 0.1) is 11.7 Å². The highest BCUT2D eigenvalue weighted by molar-refractivity contribution is 9.10. The number of hydrogen-bond acceptors (Lipinski definition) is 4. The second-order valence-corrected chi connectivity index (χ2v) is 9.40. The summed E-state index contributed by atoms with van der Waals surface area (Å²) in [5.74, 6) is 1.73. The third-order valence-corrected chi connectivity index (χ3v) is 6.52. The molecule has 1 aliphatic heterocycles. The Kier molecular flexibility index (Phi) is 6.74. The van der Waals surface area contributed by atoms with Crippen LogP contribution in [-0.4, -0.2) is 47.1 Å². The molecule has 1 aliphatic rings. The molecule has 0 amide bonds. The Morgan fingerprint density at radius 3 is 2.74 bits per heavy atom. The van der Waals surface area contributed by atoms with Crippen LogP contribution in [0.4, 0.5) is 0 Å². The summed E-state index contributed by atoms with van der Waals surface area (Å²) in [7, 11) is 4.18. The van der Waals surface area contributed by atoms with Crippen molar-refractivity contribution in [1.82, 2.24) is 20.1 Å². The summed E-state index contributed by atoms with van der Waals surface area (Å²) in [5, 5.41) is 4.23. The minimum atomic E-state index is -0.0616. The highest BCUT2D eigenvalue weighted by Gasteiger charge is 2.41. The van der Waals surface area contributed by atoms with Crippen LogP contribution in [0.25, 0.3) is 11.3 Å². The zero-order valence-corrected chi connectivity index (χ0v) is 20.4. The molecule has 7 heteroatoms. The van der Waals surface area contributed by atoms with Gasteiger partial charge in [0.1, 0.15) is 17.6 Å². The molecule has 0 bridgehead atoms. The van der Waals surface area contributed by atoms with Crippen molar-refractivity contribution in [2.24, 2.45) is 0 Å². The van der Waals surface area contributed by atoms with Gasteiger partial charge in [-0.2, -0.15) is 0 Å². The van der Waals surface area contributed by atoms with Crippen LogP contribution in [-0.2, 0) is 0 Å². The van der Waals surface area contributed by atoms with Gasteiger partial charge in [-0.15, -0.1) is 0 Å². The monoisotopic (exact) mass is 498 g/mol. The predicted octanol–water partition coefficient (Wildman–Crippen LogP) is 5.34. The van der Waals surface area contributed by atoms with Gasteiger partial charge in [0.15, 0.2) is 5.11 Å². The number of aromatic nitrogens is 1. The highest BCUT2D eigenvalue weighted by Crippen LogP contribution is 2.41. The normalized spacial score (nSPS) is 18.6. The van der Waals surface area contributed by atoms with Gasteiger partial charge in [0, 0.05) is 22.8 Å². The number of nitrogens with zero attached hydrogens (tertiary/aromatic N) is 3. The van der Waals surface area contributed by atoms with Crippen molar-refractivity contribution < 1.29 is 4.42 Å². The molecule has 3 heterocycles. The molecule has 1 saturated heterocycles. The Balaban J connectivity index is 1.68. The molecule has 1 aromatic carbocycles. The van der Waals surface area contributed by atoms with Crippen molar-refractivity contribution in [1.29, 1.82) is 0 Å². The molecule has 0 aliphatic carbocycles. The second kappa shape index (κ2) is 9.51. The summed E-state index contributed by atoms with van der Waals surface area (Å²) < 4.78 is 7.45. The number of halogens is 1. The van der Waals surface area contributed by atoms with E-state index in [2.05, 4.69) is 81.3 Å². The molecular formula is C24H27BrN4OS. The lowest BCUT2D eigenvalue weighted by Gasteiger charge is -2.26. The number of aryl methyl sites for hydroxylation is 1. The van der Waals surface area contributed by atoms with Gasteiger partial charge in [-0.3, -0.25) is 4.98 Å². The van der Waals surface area contributed by atoms with Crippen LogP contribution >= 0.6 is 28.1 Å². The Bertz CT molecular complexity index is 1050. The molecule has 0 spiro atoms. The molecule has 0 saturated carbocycles. The van der Waals surface area contributed by atoms with Crippen molar-refractivity contribution >= 4 is 33.3 Å². The van der Waals surface area contributed by atoms with Gasteiger partial charge in [0.25, 0.3) is 0 Å². The average molecular weight is 499 g/mol. The van der Waals surface area contributed by atoms with Crippen LogP contribution in [0.15, 0.2) is 63.6 Å². The van der Waals surface area contributed by atoms with Gasteiger partial charge < -0.3 is 19.5 Å². The Morgan fingerprint density at radius 2 is 2.03 bits per heavy atom. The standard InChI is InChI=1S/C24H27BrN4OS/c1-16-8-9-17(18(25)15-16)20-10-11-21(30-20)23-22(19-7-4-5-12-26-19)27-24(31)29(23)14-6-13-28(2)3/h4-5,7-12,15,22-23H,6,13-14H2,1-3H3,(H,27,31)/t22-,23-/m1/s1. The number of benzene rings is 1. The molecule has 3 aromatic rings. The third-order valence-electron chi connectivity index (χ3n) is 5.51. The number of hydrogen-bond donors (Lipinski definition) is 1. The van der Waals surface area contributed by atoms with Crippen molar-refractivity contribution in [3.05, 3.63) is 76.2 Å². The van der Waals surface area contributed by atoms with Gasteiger partial charge >= 0.3 is 0 Å². The number of pyridine rings is 1. The molecule has 5 nitrogen and oxygen atoms in total. The van der Waals surface area contributed by atoms with E-state index in [-0.39, 0.29) is 12.1 Å². The summed E-state index contributed by atoms with van der Waals surface area (Å²) in [6, 6.07) is 16.3. The Hall–Kier alpha value is -2.22. The molecule has 4 rings (SSSR count). The molecular weight excluding hydrogens is 472 g/mol. The first-order chi connectivity index (χ1) is 14.9. The molecule has 162 valence electrons. The molecule has 0 radical (unpaired) electrons. The van der Waals surface area contributed by atoms with Crippen LogP contribution < -0.4 is 5.32 Å². The quantitative estimate of drug-likeness (QED) is 0.443. The first-order valence-corrected chi connectivity index (χ1v) is 11.6. The molecule has 2 aromatic heterocycles. The van der Waals surface area contributed by atoms with E-state index in [0.717, 1.165) is 51.9 Å². The SMILES string of the molecule is Cc1ccc(-c2ccc([C@@H]3[C@@H](c4ccccn4)NC(=S)N3CCCN(C)C)o2)c(Br)c1. The summed E-state index contributed by atoms with van der Waals surface area (Å²) in [5.41, 5.74) is 3.20. The van der Waals surface area contributed by atoms with E-state index in [1.165, 1.54) is 5.56 Å². The highest BCUT2D eigenvalue weighted by atomic mass is 79.9. The maximum atomic E-state index is 6.42. The van der Waals surface area contributed by atoms with Gasteiger partial charge in [-0.05, 0) is 88.2 Å². The predicted molar refractivity (Wildman–Crippen MR) is 132 cm³/mol. The van der Waals surface area contributed by atoms with Crippen molar-refractivity contribution in [2.75, 3.05) is 27.2 Å². The van der Waals surface area contributed by atoms with E-state index in [9.17, 15) is 0 Å². The van der Waals surface area contributed by atoms with Gasteiger partial charge in [-0.25, -0.2) is 0 Å². The fourth-order valence-electron chi connectivity index (χ4n) is 3.99. The van der Waals surface area contributed by atoms with Crippen LogP contribution in [0.5, 0.6) is 0 Å². The summed E-state index contributed by atoms with van der Waals surface area (Å²) >= 11 is 9.41. The first-order valence-electron chi connectivity index (χ1n) is 10.4. The van der Waals surface area contributed by atoms with Crippen LogP contribution in [0.3, 0.4) is 0 Å². The summed E-state index contributed by atoms with van der Waals surface area (Å²) in [4.78, 5) is 9.03. The van der Waals surface area contributed by atoms with Crippen molar-refractivity contribution in [3.63, 3.8) is 0 Å². The van der Waals surface area contributed by atoms with Gasteiger partial charge in [-0.1, -0.05) is 28.1 Å². The largest absolute Gasteiger partial charge is 0.459 e. The number of thiocarbonyl (C=S) groups is 1. The Morgan fingerprint density at radius 1 is 1.19 bits per heavy atom. The van der Waals surface area contributed by atoms with E-state index in [4.69, 9.17) is 16.6 Å². The van der Waals surface area contributed by atoms with E-state index in [0.29, 0.717) is 0 Å². The average Bonchev–Trinajstić information content (AvgIpc) is 3.33. The minimum Gasteiger partial charge on any atom is -0.459 e. The molecule has 1 fully saturated rings. The molecule has 1 N–H and O–H groups in total.